The summed E-state index contributed by atoms with van der Waals surface area (Å²) in [6, 6.07) is 7.66. The smallest absolute Gasteiger partial charge is 0.184 e. The fourth-order valence-electron chi connectivity index (χ4n) is 1.80. The Morgan fingerprint density at radius 3 is 2.79 bits per heavy atom. The fraction of sp³-hybridized carbons (Fsp3) is 0.375. The fourth-order valence-corrected chi connectivity index (χ4v) is 1.80. The van der Waals surface area contributed by atoms with Crippen molar-refractivity contribution in [3.05, 3.63) is 30.0 Å². The average Bonchev–Trinajstić information content (AvgIpc) is 2.77. The third kappa shape index (κ3) is 3.45. The molecule has 3 nitrogen and oxygen atoms in total. The highest BCUT2D eigenvalue weighted by atomic mass is 16.1. The second-order valence-electron chi connectivity index (χ2n) is 5.59. The Hall–Kier alpha value is -2.08. The molecule has 1 aromatic heterocycles. The van der Waals surface area contributed by atoms with Crippen LogP contribution in [0, 0.1) is 17.3 Å². The molecule has 1 N–H and O–H groups in total. The SMILES string of the molecule is CC(C)(C)C#CCCC(=O)c1n[nH]c2ccccc12. The van der Waals surface area contributed by atoms with Gasteiger partial charge in [-0.2, -0.15) is 5.10 Å². The molecule has 0 aliphatic rings. The highest BCUT2D eigenvalue weighted by molar-refractivity contribution is 6.05. The van der Waals surface area contributed by atoms with E-state index in [1.54, 1.807) is 0 Å². The number of aromatic amines is 1. The lowest BCUT2D eigenvalue weighted by atomic mass is 9.97. The van der Waals surface area contributed by atoms with Crippen molar-refractivity contribution in [1.29, 1.82) is 0 Å². The van der Waals surface area contributed by atoms with E-state index in [9.17, 15) is 4.79 Å². The van der Waals surface area contributed by atoms with Crippen LogP contribution in [-0.4, -0.2) is 16.0 Å². The molecule has 19 heavy (non-hydrogen) atoms. The minimum absolute atomic E-state index is 0.0118. The first-order valence-corrected chi connectivity index (χ1v) is 6.44. The third-order valence-corrected chi connectivity index (χ3v) is 2.67. The van der Waals surface area contributed by atoms with Gasteiger partial charge in [-0.3, -0.25) is 9.89 Å². The van der Waals surface area contributed by atoms with Gasteiger partial charge in [-0.15, -0.1) is 5.92 Å². The maximum atomic E-state index is 12.1. The van der Waals surface area contributed by atoms with E-state index in [-0.39, 0.29) is 11.2 Å². The number of carbonyl (C=O) groups is 1. The van der Waals surface area contributed by atoms with E-state index in [0.29, 0.717) is 18.5 Å². The Labute approximate surface area is 113 Å². The Bertz CT molecular complexity index is 650. The number of ketones is 1. The quantitative estimate of drug-likeness (QED) is 0.672. The summed E-state index contributed by atoms with van der Waals surface area (Å²) in [5.41, 5.74) is 1.40. The van der Waals surface area contributed by atoms with Gasteiger partial charge in [0.1, 0.15) is 5.69 Å². The van der Waals surface area contributed by atoms with Gasteiger partial charge in [0.05, 0.1) is 5.52 Å². The molecule has 0 saturated heterocycles. The molecular weight excluding hydrogens is 236 g/mol. The maximum Gasteiger partial charge on any atom is 0.184 e. The first-order chi connectivity index (χ1) is 8.97. The molecule has 2 rings (SSSR count). The summed E-state index contributed by atoms with van der Waals surface area (Å²) in [5.74, 6) is 6.23. The molecule has 0 radical (unpaired) electrons. The van der Waals surface area contributed by atoms with Crippen LogP contribution in [0.5, 0.6) is 0 Å². The number of aromatic nitrogens is 2. The van der Waals surface area contributed by atoms with E-state index in [0.717, 1.165) is 10.9 Å². The van der Waals surface area contributed by atoms with Crippen LogP contribution in [0.1, 0.15) is 44.1 Å². The number of para-hydroxylation sites is 1. The number of hydrogen-bond donors (Lipinski definition) is 1. The van der Waals surface area contributed by atoms with Crippen molar-refractivity contribution >= 4 is 16.7 Å². The van der Waals surface area contributed by atoms with Gasteiger partial charge in [0, 0.05) is 23.6 Å². The molecule has 98 valence electrons. The number of nitrogens with one attached hydrogen (secondary N) is 1. The van der Waals surface area contributed by atoms with Gasteiger partial charge in [-0.25, -0.2) is 0 Å². The van der Waals surface area contributed by atoms with Crippen molar-refractivity contribution in [3.63, 3.8) is 0 Å². The standard InChI is InChI=1S/C16H18N2O/c1-16(2,3)11-7-6-10-14(19)15-12-8-4-5-9-13(12)17-18-15/h4-5,8-9H,6,10H2,1-3H3,(H,17,18). The number of benzene rings is 1. The molecule has 0 spiro atoms. The molecule has 2 aromatic rings. The maximum absolute atomic E-state index is 12.1. The van der Waals surface area contributed by atoms with Crippen molar-refractivity contribution in [2.75, 3.05) is 0 Å². The second kappa shape index (κ2) is 5.27. The molecule has 3 heteroatoms. The molecular formula is C16H18N2O. The predicted octanol–water partition coefficient (Wildman–Crippen LogP) is 3.58. The van der Waals surface area contributed by atoms with E-state index in [2.05, 4.69) is 42.8 Å². The lowest BCUT2D eigenvalue weighted by Gasteiger charge is -2.06. The summed E-state index contributed by atoms with van der Waals surface area (Å²) >= 11 is 0. The molecule has 0 unspecified atom stereocenters. The molecule has 1 aromatic carbocycles. The zero-order chi connectivity index (χ0) is 13.9. The van der Waals surface area contributed by atoms with E-state index in [1.807, 2.05) is 24.3 Å². The summed E-state index contributed by atoms with van der Waals surface area (Å²) < 4.78 is 0. The van der Waals surface area contributed by atoms with Crippen LogP contribution < -0.4 is 0 Å². The van der Waals surface area contributed by atoms with Crippen molar-refractivity contribution in [1.82, 2.24) is 10.2 Å². The summed E-state index contributed by atoms with van der Waals surface area (Å²) in [6.07, 6.45) is 0.995. The number of rotatable bonds is 3. The van der Waals surface area contributed by atoms with Gasteiger partial charge in [0.2, 0.25) is 0 Å². The van der Waals surface area contributed by atoms with Gasteiger partial charge in [-0.1, -0.05) is 24.1 Å². The normalized spacial score (nSPS) is 11.1. The van der Waals surface area contributed by atoms with Crippen molar-refractivity contribution in [3.8, 4) is 11.8 Å². The van der Waals surface area contributed by atoms with E-state index >= 15 is 0 Å². The largest absolute Gasteiger partial charge is 0.292 e. The molecule has 0 bridgehead atoms. The Morgan fingerprint density at radius 2 is 2.05 bits per heavy atom. The Morgan fingerprint density at radius 1 is 1.32 bits per heavy atom. The number of fused-ring (bicyclic) bond motifs is 1. The first-order valence-electron chi connectivity index (χ1n) is 6.44. The van der Waals surface area contributed by atoms with Gasteiger partial charge in [0.15, 0.2) is 5.78 Å². The topological polar surface area (TPSA) is 45.8 Å². The Kier molecular flexibility index (Phi) is 3.71. The zero-order valence-electron chi connectivity index (χ0n) is 11.6. The van der Waals surface area contributed by atoms with Crippen LogP contribution in [-0.2, 0) is 0 Å². The first kappa shape index (κ1) is 13.4. The van der Waals surface area contributed by atoms with Gasteiger partial charge >= 0.3 is 0 Å². The average molecular weight is 254 g/mol. The predicted molar refractivity (Wildman–Crippen MR) is 76.9 cm³/mol. The van der Waals surface area contributed by atoms with Gasteiger partial charge in [-0.05, 0) is 26.8 Å². The Balaban J connectivity index is 2.06. The van der Waals surface area contributed by atoms with Crippen LogP contribution in [0.3, 0.4) is 0 Å². The molecule has 0 aliphatic carbocycles. The number of H-pyrrole nitrogens is 1. The lowest BCUT2D eigenvalue weighted by molar-refractivity contribution is 0.0981. The van der Waals surface area contributed by atoms with E-state index in [4.69, 9.17) is 0 Å². The van der Waals surface area contributed by atoms with Crippen LogP contribution in [0.2, 0.25) is 0 Å². The van der Waals surface area contributed by atoms with Crippen molar-refractivity contribution < 1.29 is 4.79 Å². The number of carbonyl (C=O) groups excluding carboxylic acids is 1. The van der Waals surface area contributed by atoms with Gasteiger partial charge < -0.3 is 0 Å². The van der Waals surface area contributed by atoms with Crippen LogP contribution >= 0.6 is 0 Å². The number of nitrogens with zero attached hydrogens (tertiary/aromatic N) is 1. The second-order valence-corrected chi connectivity index (χ2v) is 5.59. The summed E-state index contributed by atoms with van der Waals surface area (Å²) in [6.45, 7) is 6.18. The highest BCUT2D eigenvalue weighted by Crippen LogP contribution is 2.17. The number of Topliss-reactive ketones (excluding diaryl/α,β-unsaturated/α-hetero) is 1. The van der Waals surface area contributed by atoms with Crippen LogP contribution in [0.25, 0.3) is 10.9 Å². The third-order valence-electron chi connectivity index (χ3n) is 2.67. The minimum Gasteiger partial charge on any atom is -0.292 e. The van der Waals surface area contributed by atoms with Crippen LogP contribution in [0.4, 0.5) is 0 Å². The summed E-state index contributed by atoms with van der Waals surface area (Å²) in [7, 11) is 0. The summed E-state index contributed by atoms with van der Waals surface area (Å²) in [5, 5.41) is 7.86. The van der Waals surface area contributed by atoms with Gasteiger partial charge in [0.25, 0.3) is 0 Å². The van der Waals surface area contributed by atoms with E-state index in [1.165, 1.54) is 0 Å². The van der Waals surface area contributed by atoms with Crippen LogP contribution in [0.15, 0.2) is 24.3 Å². The summed E-state index contributed by atoms with van der Waals surface area (Å²) in [4.78, 5) is 12.1. The van der Waals surface area contributed by atoms with Crippen molar-refractivity contribution in [2.24, 2.45) is 5.41 Å². The minimum atomic E-state index is -0.0118. The molecule has 0 aliphatic heterocycles. The molecule has 0 fully saturated rings. The molecule has 1 heterocycles. The highest BCUT2D eigenvalue weighted by Gasteiger charge is 2.12. The van der Waals surface area contributed by atoms with E-state index < -0.39 is 0 Å². The monoisotopic (exact) mass is 254 g/mol. The molecule has 0 atom stereocenters. The number of hydrogen-bond acceptors (Lipinski definition) is 2. The molecule has 0 saturated carbocycles. The van der Waals surface area contributed by atoms with Crippen molar-refractivity contribution in [2.45, 2.75) is 33.6 Å². The molecule has 0 amide bonds. The lowest BCUT2D eigenvalue weighted by Crippen LogP contribution is -2.01. The zero-order valence-corrected chi connectivity index (χ0v) is 11.6.